The molecule has 7 nitrogen and oxygen atoms in total. The number of fused-ring (bicyclic) bond motifs is 3. The lowest BCUT2D eigenvalue weighted by molar-refractivity contribution is 0.0696. The van der Waals surface area contributed by atoms with Crippen molar-refractivity contribution in [2.75, 3.05) is 6.54 Å². The maximum atomic E-state index is 11.3. The topological polar surface area (TPSA) is 100.0 Å². The Balaban J connectivity index is 1.81. The predicted octanol–water partition coefficient (Wildman–Crippen LogP) is 2.73. The molecule has 3 aliphatic rings. The van der Waals surface area contributed by atoms with E-state index in [9.17, 15) is 14.7 Å². The van der Waals surface area contributed by atoms with E-state index in [0.29, 0.717) is 24.4 Å². The number of aromatic carboxylic acids is 1. The average molecular weight is 326 g/mol. The highest BCUT2D eigenvalue weighted by Gasteiger charge is 2.36. The zero-order valence-corrected chi connectivity index (χ0v) is 12.6. The van der Waals surface area contributed by atoms with Crippen LogP contribution in [0.1, 0.15) is 28.9 Å². The highest BCUT2D eigenvalue weighted by atomic mass is 16.5. The third-order valence-electron chi connectivity index (χ3n) is 4.59. The second-order valence-corrected chi connectivity index (χ2v) is 5.92. The molecule has 0 aromatic carbocycles. The number of carboxylic acid groups (broad SMARTS) is 2. The van der Waals surface area contributed by atoms with Crippen LogP contribution in [0.2, 0.25) is 0 Å². The summed E-state index contributed by atoms with van der Waals surface area (Å²) in [5, 5.41) is 18.4. The summed E-state index contributed by atoms with van der Waals surface area (Å²) in [5.74, 6) is -0.531. The van der Waals surface area contributed by atoms with Crippen molar-refractivity contribution < 1.29 is 24.5 Å². The highest BCUT2D eigenvalue weighted by Crippen LogP contribution is 2.44. The maximum absolute atomic E-state index is 11.3. The first-order chi connectivity index (χ1) is 11.5. The van der Waals surface area contributed by atoms with Gasteiger partial charge in [0.25, 0.3) is 0 Å². The predicted molar refractivity (Wildman–Crippen MR) is 83.4 cm³/mol. The van der Waals surface area contributed by atoms with Crippen LogP contribution in [0.4, 0.5) is 4.79 Å². The van der Waals surface area contributed by atoms with Gasteiger partial charge < -0.3 is 14.9 Å². The van der Waals surface area contributed by atoms with Crippen LogP contribution in [0.3, 0.4) is 0 Å². The summed E-state index contributed by atoms with van der Waals surface area (Å²) < 4.78 is 5.52. The summed E-state index contributed by atoms with van der Waals surface area (Å²) in [6, 6.07) is 1.46. The molecule has 1 unspecified atom stereocenters. The maximum Gasteiger partial charge on any atom is 0.411 e. The molecule has 1 fully saturated rings. The Bertz CT molecular complexity index is 853. The van der Waals surface area contributed by atoms with E-state index in [0.717, 1.165) is 23.3 Å². The Morgan fingerprint density at radius 3 is 2.92 bits per heavy atom. The van der Waals surface area contributed by atoms with Crippen LogP contribution in [0.5, 0.6) is 5.75 Å². The van der Waals surface area contributed by atoms with E-state index in [1.165, 1.54) is 23.4 Å². The van der Waals surface area contributed by atoms with Crippen LogP contribution in [0.25, 0.3) is 5.57 Å². The van der Waals surface area contributed by atoms with Crippen LogP contribution in [-0.2, 0) is 0 Å². The SMILES string of the molecule is O=C(O)c1cnc2c(c1)OC=CC1=C2CC2CCN(C(=O)O)C2=C1. The fourth-order valence-electron chi connectivity index (χ4n) is 3.44. The lowest BCUT2D eigenvalue weighted by Crippen LogP contribution is -2.26. The second kappa shape index (κ2) is 5.23. The molecule has 1 aromatic rings. The molecule has 4 rings (SSSR count). The van der Waals surface area contributed by atoms with Gasteiger partial charge in [0.05, 0.1) is 11.8 Å². The third kappa shape index (κ3) is 2.17. The molecule has 1 aliphatic carbocycles. The lowest BCUT2D eigenvalue weighted by atomic mass is 9.85. The second-order valence-electron chi connectivity index (χ2n) is 5.92. The molecule has 122 valence electrons. The summed E-state index contributed by atoms with van der Waals surface area (Å²) in [5.41, 5.74) is 3.29. The largest absolute Gasteiger partial charge is 0.478 e. The number of amides is 1. The first-order valence-corrected chi connectivity index (χ1v) is 7.56. The molecule has 0 radical (unpaired) electrons. The molecular formula is C17H14N2O5. The van der Waals surface area contributed by atoms with Gasteiger partial charge in [-0.25, -0.2) is 9.59 Å². The number of ether oxygens (including phenoxy) is 1. The van der Waals surface area contributed by atoms with E-state index in [4.69, 9.17) is 9.84 Å². The van der Waals surface area contributed by atoms with Gasteiger partial charge in [0.1, 0.15) is 5.69 Å². The van der Waals surface area contributed by atoms with Crippen molar-refractivity contribution in [1.29, 1.82) is 0 Å². The first kappa shape index (κ1) is 14.5. The van der Waals surface area contributed by atoms with Crippen molar-refractivity contribution in [3.8, 4) is 5.75 Å². The molecule has 0 saturated carbocycles. The van der Waals surface area contributed by atoms with Crippen molar-refractivity contribution >= 4 is 17.6 Å². The van der Waals surface area contributed by atoms with Gasteiger partial charge in [-0.15, -0.1) is 0 Å². The minimum atomic E-state index is -1.06. The van der Waals surface area contributed by atoms with Gasteiger partial charge in [0, 0.05) is 24.4 Å². The smallest absolute Gasteiger partial charge is 0.411 e. The molecular weight excluding hydrogens is 312 g/mol. The minimum absolute atomic E-state index is 0.0659. The molecule has 1 amide bonds. The van der Waals surface area contributed by atoms with Crippen molar-refractivity contribution in [1.82, 2.24) is 9.88 Å². The molecule has 3 heterocycles. The molecule has 0 spiro atoms. The number of hydrogen-bond donors (Lipinski definition) is 2. The Morgan fingerprint density at radius 1 is 1.33 bits per heavy atom. The Kier molecular flexibility index (Phi) is 3.16. The van der Waals surface area contributed by atoms with Gasteiger partial charge >= 0.3 is 12.1 Å². The third-order valence-corrected chi connectivity index (χ3v) is 4.59. The van der Waals surface area contributed by atoms with Crippen LogP contribution in [0, 0.1) is 5.92 Å². The quantitative estimate of drug-likeness (QED) is 0.823. The number of carboxylic acids is 1. The number of aromatic nitrogens is 1. The van der Waals surface area contributed by atoms with Gasteiger partial charge in [0.15, 0.2) is 5.75 Å². The fraction of sp³-hybridized carbons (Fsp3) is 0.235. The van der Waals surface area contributed by atoms with Crippen LogP contribution >= 0.6 is 0 Å². The number of nitrogens with zero attached hydrogens (tertiary/aromatic N) is 2. The average Bonchev–Trinajstić information content (AvgIpc) is 2.88. The fourth-order valence-corrected chi connectivity index (χ4v) is 3.44. The lowest BCUT2D eigenvalue weighted by Gasteiger charge is -2.24. The Hall–Kier alpha value is -3.09. The van der Waals surface area contributed by atoms with Crippen molar-refractivity contribution in [3.63, 3.8) is 0 Å². The van der Waals surface area contributed by atoms with E-state index < -0.39 is 12.1 Å². The van der Waals surface area contributed by atoms with Gasteiger partial charge in [-0.05, 0) is 42.2 Å². The number of pyridine rings is 1. The standard InChI is InChI=1S/C17H14N2O5/c20-16(21)11-7-14-15(18-8-11)12-5-10-1-3-19(17(22)23)13(10)6-9(12)2-4-24-14/h2,4,6-8,10H,1,3,5H2,(H,20,21)(H,22,23). The zero-order valence-electron chi connectivity index (χ0n) is 12.6. The minimum Gasteiger partial charge on any atom is -0.478 e. The Labute approximate surface area is 137 Å². The monoisotopic (exact) mass is 326 g/mol. The number of rotatable bonds is 1. The number of hydrogen-bond acceptors (Lipinski definition) is 4. The highest BCUT2D eigenvalue weighted by molar-refractivity contribution is 5.89. The van der Waals surface area contributed by atoms with E-state index in [2.05, 4.69) is 4.98 Å². The van der Waals surface area contributed by atoms with E-state index in [-0.39, 0.29) is 11.5 Å². The van der Waals surface area contributed by atoms with Gasteiger partial charge in [-0.1, -0.05) is 0 Å². The summed E-state index contributed by atoms with van der Waals surface area (Å²) >= 11 is 0. The zero-order chi connectivity index (χ0) is 16.8. The molecule has 2 aliphatic heterocycles. The Morgan fingerprint density at radius 2 is 2.17 bits per heavy atom. The van der Waals surface area contributed by atoms with Crippen molar-refractivity contribution in [3.05, 3.63) is 53.2 Å². The molecule has 1 atom stereocenters. The van der Waals surface area contributed by atoms with Gasteiger partial charge in [0.2, 0.25) is 0 Å². The summed E-state index contributed by atoms with van der Waals surface area (Å²) in [6.07, 6.45) is 6.91. The first-order valence-electron chi connectivity index (χ1n) is 7.56. The molecule has 0 bridgehead atoms. The number of likely N-dealkylation sites (tertiary alicyclic amines) is 1. The molecule has 1 saturated heterocycles. The van der Waals surface area contributed by atoms with Crippen molar-refractivity contribution in [2.24, 2.45) is 5.92 Å². The van der Waals surface area contributed by atoms with Crippen LogP contribution < -0.4 is 4.74 Å². The molecule has 7 heteroatoms. The van der Waals surface area contributed by atoms with Gasteiger partial charge in [-0.2, -0.15) is 0 Å². The number of allylic oxidation sites excluding steroid dienone is 5. The van der Waals surface area contributed by atoms with E-state index in [1.807, 2.05) is 6.08 Å². The van der Waals surface area contributed by atoms with Crippen molar-refractivity contribution in [2.45, 2.75) is 12.8 Å². The number of carbonyl (C=O) groups is 2. The van der Waals surface area contributed by atoms with E-state index in [1.54, 1.807) is 6.08 Å². The normalized spacial score (nSPS) is 21.2. The molecule has 1 aromatic heterocycles. The summed E-state index contributed by atoms with van der Waals surface area (Å²) in [4.78, 5) is 28.1. The molecule has 2 N–H and O–H groups in total. The summed E-state index contributed by atoms with van der Waals surface area (Å²) in [6.45, 7) is 0.491. The van der Waals surface area contributed by atoms with Crippen LogP contribution in [0.15, 0.2) is 41.9 Å². The van der Waals surface area contributed by atoms with Gasteiger partial charge in [-0.3, -0.25) is 9.88 Å². The summed E-state index contributed by atoms with van der Waals surface area (Å²) in [7, 11) is 0. The van der Waals surface area contributed by atoms with E-state index >= 15 is 0 Å². The van der Waals surface area contributed by atoms with Crippen LogP contribution in [-0.4, -0.2) is 38.7 Å². The molecule has 24 heavy (non-hydrogen) atoms.